The van der Waals surface area contributed by atoms with Crippen LogP contribution < -0.4 is 10.1 Å². The van der Waals surface area contributed by atoms with E-state index in [0.29, 0.717) is 25.1 Å². The van der Waals surface area contributed by atoms with Crippen LogP contribution in [0.1, 0.15) is 28.4 Å². The molecule has 22 heavy (non-hydrogen) atoms. The summed E-state index contributed by atoms with van der Waals surface area (Å²) in [4.78, 5) is 12.1. The summed E-state index contributed by atoms with van der Waals surface area (Å²) >= 11 is 0. The minimum atomic E-state index is -0.258. The van der Waals surface area contributed by atoms with E-state index >= 15 is 0 Å². The van der Waals surface area contributed by atoms with Gasteiger partial charge in [0.15, 0.2) is 0 Å². The molecule has 0 aliphatic carbocycles. The number of hydrogen-bond acceptors (Lipinski definition) is 2. The molecule has 0 unspecified atom stereocenters. The molecule has 0 saturated heterocycles. The maximum atomic E-state index is 13.1. The van der Waals surface area contributed by atoms with Crippen LogP contribution in [0.3, 0.4) is 0 Å². The van der Waals surface area contributed by atoms with Crippen molar-refractivity contribution in [3.05, 3.63) is 65.0 Å². The average molecular weight is 301 g/mol. The normalized spacial score (nSPS) is 10.3. The quantitative estimate of drug-likeness (QED) is 0.886. The smallest absolute Gasteiger partial charge is 0.251 e. The number of nitrogens with one attached hydrogen (secondary N) is 1. The number of halogens is 1. The van der Waals surface area contributed by atoms with Crippen LogP contribution in [0.25, 0.3) is 0 Å². The molecule has 2 aromatic carbocycles. The van der Waals surface area contributed by atoms with Crippen LogP contribution in [0.15, 0.2) is 42.5 Å². The number of ether oxygens (including phenoxy) is 1. The lowest BCUT2D eigenvalue weighted by atomic mass is 10.1. The summed E-state index contributed by atoms with van der Waals surface area (Å²) in [7, 11) is 0. The van der Waals surface area contributed by atoms with Crippen molar-refractivity contribution in [3.8, 4) is 5.75 Å². The fourth-order valence-electron chi connectivity index (χ4n) is 2.22. The van der Waals surface area contributed by atoms with Crippen LogP contribution in [-0.2, 0) is 6.42 Å². The van der Waals surface area contributed by atoms with Gasteiger partial charge in [0.2, 0.25) is 0 Å². The Morgan fingerprint density at radius 3 is 2.73 bits per heavy atom. The van der Waals surface area contributed by atoms with Crippen LogP contribution in [0, 0.1) is 12.7 Å². The van der Waals surface area contributed by atoms with Gasteiger partial charge in [-0.2, -0.15) is 0 Å². The van der Waals surface area contributed by atoms with E-state index in [1.807, 2.05) is 26.0 Å². The molecule has 0 aliphatic heterocycles. The van der Waals surface area contributed by atoms with Crippen molar-refractivity contribution in [2.24, 2.45) is 0 Å². The molecule has 3 nitrogen and oxygen atoms in total. The van der Waals surface area contributed by atoms with Crippen molar-refractivity contribution in [3.63, 3.8) is 0 Å². The second-order valence-corrected chi connectivity index (χ2v) is 5.05. The Morgan fingerprint density at radius 1 is 1.23 bits per heavy atom. The molecule has 2 rings (SSSR count). The molecule has 0 radical (unpaired) electrons. The Balaban J connectivity index is 1.91. The predicted octanol–water partition coefficient (Wildman–Crippen LogP) is 3.51. The summed E-state index contributed by atoms with van der Waals surface area (Å²) in [5.74, 6) is 0.396. The van der Waals surface area contributed by atoms with Crippen molar-refractivity contribution in [1.29, 1.82) is 0 Å². The highest BCUT2D eigenvalue weighted by molar-refractivity contribution is 5.94. The molecule has 4 heteroatoms. The van der Waals surface area contributed by atoms with Crippen LogP contribution in [-0.4, -0.2) is 19.1 Å². The summed E-state index contributed by atoms with van der Waals surface area (Å²) in [6, 6.07) is 11.8. The molecule has 0 aromatic heterocycles. The first-order chi connectivity index (χ1) is 10.6. The maximum absolute atomic E-state index is 13.1. The highest BCUT2D eigenvalue weighted by Gasteiger charge is 2.08. The first-order valence-electron chi connectivity index (χ1n) is 7.36. The van der Waals surface area contributed by atoms with Gasteiger partial charge < -0.3 is 10.1 Å². The van der Waals surface area contributed by atoms with E-state index in [2.05, 4.69) is 5.32 Å². The zero-order valence-electron chi connectivity index (χ0n) is 12.9. The average Bonchev–Trinajstić information content (AvgIpc) is 2.49. The van der Waals surface area contributed by atoms with Crippen molar-refractivity contribution in [1.82, 2.24) is 5.32 Å². The summed E-state index contributed by atoms with van der Waals surface area (Å²) < 4.78 is 18.5. The zero-order chi connectivity index (χ0) is 15.9. The Labute approximate surface area is 130 Å². The van der Waals surface area contributed by atoms with E-state index in [1.165, 1.54) is 12.1 Å². The van der Waals surface area contributed by atoms with Gasteiger partial charge >= 0.3 is 0 Å². The Hall–Kier alpha value is -2.36. The molecule has 1 N–H and O–H groups in total. The number of hydrogen-bond donors (Lipinski definition) is 1. The third-order valence-electron chi connectivity index (χ3n) is 3.33. The van der Waals surface area contributed by atoms with Gasteiger partial charge in [0.25, 0.3) is 5.91 Å². The largest absolute Gasteiger partial charge is 0.494 e. The standard InChI is InChI=1S/C18H20FNO2/c1-3-22-17-8-7-15(11-13(17)2)18(21)20-10-9-14-5-4-6-16(19)12-14/h4-8,11-12H,3,9-10H2,1-2H3,(H,20,21). The van der Waals surface area contributed by atoms with Gasteiger partial charge in [-0.25, -0.2) is 4.39 Å². The summed E-state index contributed by atoms with van der Waals surface area (Å²) in [5.41, 5.74) is 2.39. The minimum Gasteiger partial charge on any atom is -0.494 e. The highest BCUT2D eigenvalue weighted by Crippen LogP contribution is 2.19. The summed E-state index contributed by atoms with van der Waals surface area (Å²) in [6.07, 6.45) is 0.597. The first kappa shape index (κ1) is 16.0. The van der Waals surface area contributed by atoms with Crippen LogP contribution in [0.5, 0.6) is 5.75 Å². The lowest BCUT2D eigenvalue weighted by molar-refractivity contribution is 0.0954. The second-order valence-electron chi connectivity index (χ2n) is 5.05. The second kappa shape index (κ2) is 7.59. The van der Waals surface area contributed by atoms with Gasteiger partial charge in [-0.3, -0.25) is 4.79 Å². The predicted molar refractivity (Wildman–Crippen MR) is 84.8 cm³/mol. The fraction of sp³-hybridized carbons (Fsp3) is 0.278. The zero-order valence-corrected chi connectivity index (χ0v) is 12.9. The van der Waals surface area contributed by atoms with E-state index in [-0.39, 0.29) is 11.7 Å². The number of carbonyl (C=O) groups is 1. The molecule has 116 valence electrons. The highest BCUT2D eigenvalue weighted by atomic mass is 19.1. The Bertz CT molecular complexity index is 655. The Morgan fingerprint density at radius 2 is 2.05 bits per heavy atom. The molecular formula is C18H20FNO2. The van der Waals surface area contributed by atoms with Crippen molar-refractivity contribution >= 4 is 5.91 Å². The lowest BCUT2D eigenvalue weighted by Gasteiger charge is -2.10. The molecule has 0 spiro atoms. The summed E-state index contributed by atoms with van der Waals surface area (Å²) in [5, 5.41) is 2.84. The van der Waals surface area contributed by atoms with Gasteiger partial charge in [0.1, 0.15) is 11.6 Å². The summed E-state index contributed by atoms with van der Waals surface area (Å²) in [6.45, 7) is 4.90. The minimum absolute atomic E-state index is 0.137. The fourth-order valence-corrected chi connectivity index (χ4v) is 2.22. The lowest BCUT2D eigenvalue weighted by Crippen LogP contribution is -2.25. The molecule has 0 fully saturated rings. The maximum Gasteiger partial charge on any atom is 0.251 e. The monoisotopic (exact) mass is 301 g/mol. The van der Waals surface area contributed by atoms with E-state index in [1.54, 1.807) is 18.2 Å². The van der Waals surface area contributed by atoms with Crippen LogP contribution in [0.4, 0.5) is 4.39 Å². The van der Waals surface area contributed by atoms with Gasteiger partial charge in [0, 0.05) is 12.1 Å². The SMILES string of the molecule is CCOc1ccc(C(=O)NCCc2cccc(F)c2)cc1C. The molecule has 0 aliphatic rings. The topological polar surface area (TPSA) is 38.3 Å². The van der Waals surface area contributed by atoms with Gasteiger partial charge in [-0.1, -0.05) is 12.1 Å². The molecule has 0 saturated carbocycles. The Kier molecular flexibility index (Phi) is 5.53. The van der Waals surface area contributed by atoms with Crippen molar-refractivity contribution in [2.75, 3.05) is 13.2 Å². The van der Waals surface area contributed by atoms with Gasteiger partial charge in [-0.15, -0.1) is 0 Å². The van der Waals surface area contributed by atoms with Gasteiger partial charge in [-0.05, 0) is 61.7 Å². The third kappa shape index (κ3) is 4.32. The molecule has 0 bridgehead atoms. The van der Waals surface area contributed by atoms with E-state index in [9.17, 15) is 9.18 Å². The number of carbonyl (C=O) groups excluding carboxylic acids is 1. The number of amides is 1. The van der Waals surface area contributed by atoms with E-state index in [0.717, 1.165) is 16.9 Å². The van der Waals surface area contributed by atoms with Crippen LogP contribution >= 0.6 is 0 Å². The molecular weight excluding hydrogens is 281 g/mol. The molecule has 1 amide bonds. The van der Waals surface area contributed by atoms with Gasteiger partial charge in [0.05, 0.1) is 6.61 Å². The van der Waals surface area contributed by atoms with Crippen molar-refractivity contribution in [2.45, 2.75) is 20.3 Å². The number of benzene rings is 2. The molecule has 0 heterocycles. The van der Waals surface area contributed by atoms with Crippen LogP contribution in [0.2, 0.25) is 0 Å². The van der Waals surface area contributed by atoms with E-state index < -0.39 is 0 Å². The molecule has 0 atom stereocenters. The number of rotatable bonds is 6. The van der Waals surface area contributed by atoms with E-state index in [4.69, 9.17) is 4.74 Å². The van der Waals surface area contributed by atoms with Crippen molar-refractivity contribution < 1.29 is 13.9 Å². The molecule has 2 aromatic rings. The third-order valence-corrected chi connectivity index (χ3v) is 3.33. The first-order valence-corrected chi connectivity index (χ1v) is 7.36. The number of aryl methyl sites for hydroxylation is 1.